The Hall–Kier alpha value is -2.51. The lowest BCUT2D eigenvalue weighted by atomic mass is 10.2. The van der Waals surface area contributed by atoms with Crippen LogP contribution in [0, 0.1) is 11.8 Å². The second-order valence-corrected chi connectivity index (χ2v) is 3.89. The molecule has 0 aliphatic carbocycles. The van der Waals surface area contributed by atoms with E-state index in [1.807, 2.05) is 12.1 Å². The van der Waals surface area contributed by atoms with Crippen molar-refractivity contribution < 1.29 is 9.90 Å². The number of anilines is 1. The van der Waals surface area contributed by atoms with E-state index in [9.17, 15) is 4.79 Å². The molecular formula is C15H14N2O2. The van der Waals surface area contributed by atoms with Gasteiger partial charge in [0.1, 0.15) is 5.69 Å². The molecule has 3 N–H and O–H groups in total. The summed E-state index contributed by atoms with van der Waals surface area (Å²) in [6, 6.07) is 10.8. The molecule has 4 nitrogen and oxygen atoms in total. The molecule has 0 aliphatic rings. The van der Waals surface area contributed by atoms with Crippen LogP contribution in [0.1, 0.15) is 22.5 Å². The topological polar surface area (TPSA) is 65.1 Å². The van der Waals surface area contributed by atoms with E-state index in [1.165, 1.54) is 0 Å². The first kappa shape index (κ1) is 12.9. The minimum absolute atomic E-state index is 0.0518. The summed E-state index contributed by atoms with van der Waals surface area (Å²) < 4.78 is 0. The maximum absolute atomic E-state index is 11.8. The molecule has 1 aromatic heterocycles. The van der Waals surface area contributed by atoms with Gasteiger partial charge in [-0.3, -0.25) is 4.79 Å². The van der Waals surface area contributed by atoms with Crippen LogP contribution < -0.4 is 5.32 Å². The van der Waals surface area contributed by atoms with Crippen molar-refractivity contribution in [3.8, 4) is 11.8 Å². The predicted molar refractivity (Wildman–Crippen MR) is 73.8 cm³/mol. The van der Waals surface area contributed by atoms with Gasteiger partial charge in [-0.2, -0.15) is 0 Å². The summed E-state index contributed by atoms with van der Waals surface area (Å²) in [4.78, 5) is 14.7. The number of benzene rings is 1. The van der Waals surface area contributed by atoms with Crippen molar-refractivity contribution in [1.82, 2.24) is 4.98 Å². The third-order valence-electron chi connectivity index (χ3n) is 2.43. The van der Waals surface area contributed by atoms with E-state index in [0.29, 0.717) is 17.8 Å². The van der Waals surface area contributed by atoms with E-state index in [0.717, 1.165) is 5.56 Å². The molecule has 0 bridgehead atoms. The van der Waals surface area contributed by atoms with Crippen molar-refractivity contribution in [2.24, 2.45) is 0 Å². The highest BCUT2D eigenvalue weighted by Gasteiger charge is 2.05. The fourth-order valence-electron chi connectivity index (χ4n) is 1.57. The van der Waals surface area contributed by atoms with Gasteiger partial charge in [-0.05, 0) is 30.3 Å². The van der Waals surface area contributed by atoms with Gasteiger partial charge in [0.15, 0.2) is 0 Å². The number of aliphatic hydroxyl groups excluding tert-OH is 1. The molecule has 1 amide bonds. The Morgan fingerprint density at radius 3 is 2.95 bits per heavy atom. The second-order valence-electron chi connectivity index (χ2n) is 3.89. The number of H-pyrrole nitrogens is 1. The highest BCUT2D eigenvalue weighted by Crippen LogP contribution is 2.11. The van der Waals surface area contributed by atoms with Gasteiger partial charge in [0.05, 0.1) is 6.61 Å². The summed E-state index contributed by atoms with van der Waals surface area (Å²) in [7, 11) is 0. The van der Waals surface area contributed by atoms with Crippen LogP contribution in [0.15, 0.2) is 42.6 Å². The molecule has 19 heavy (non-hydrogen) atoms. The predicted octanol–water partition coefficient (Wildman–Crippen LogP) is 2.00. The zero-order chi connectivity index (χ0) is 13.5. The molecule has 0 saturated heterocycles. The summed E-state index contributed by atoms with van der Waals surface area (Å²) in [6.07, 6.45) is 2.14. The van der Waals surface area contributed by atoms with Crippen LogP contribution in [0.2, 0.25) is 0 Å². The summed E-state index contributed by atoms with van der Waals surface area (Å²) in [5, 5.41) is 11.4. The van der Waals surface area contributed by atoms with E-state index in [1.54, 1.807) is 30.5 Å². The minimum Gasteiger partial charge on any atom is -0.395 e. The Morgan fingerprint density at radius 1 is 1.32 bits per heavy atom. The molecule has 0 spiro atoms. The third-order valence-corrected chi connectivity index (χ3v) is 2.43. The van der Waals surface area contributed by atoms with Crippen LogP contribution >= 0.6 is 0 Å². The van der Waals surface area contributed by atoms with Crippen molar-refractivity contribution >= 4 is 11.6 Å². The first-order chi connectivity index (χ1) is 9.29. The van der Waals surface area contributed by atoms with E-state index < -0.39 is 0 Å². The van der Waals surface area contributed by atoms with Crippen LogP contribution in [0.4, 0.5) is 5.69 Å². The van der Waals surface area contributed by atoms with Gasteiger partial charge >= 0.3 is 0 Å². The Kier molecular flexibility index (Phi) is 4.38. The quantitative estimate of drug-likeness (QED) is 0.733. The molecule has 2 aromatic rings. The van der Waals surface area contributed by atoms with Gasteiger partial charge in [0.25, 0.3) is 5.91 Å². The number of nitrogens with one attached hydrogen (secondary N) is 2. The molecule has 1 heterocycles. The number of carbonyl (C=O) groups excluding carboxylic acids is 1. The molecular weight excluding hydrogens is 240 g/mol. The van der Waals surface area contributed by atoms with Gasteiger partial charge in [-0.1, -0.05) is 17.9 Å². The lowest BCUT2D eigenvalue weighted by molar-refractivity contribution is 0.102. The van der Waals surface area contributed by atoms with Gasteiger partial charge in [-0.15, -0.1) is 0 Å². The van der Waals surface area contributed by atoms with E-state index in [2.05, 4.69) is 22.1 Å². The van der Waals surface area contributed by atoms with Gasteiger partial charge < -0.3 is 15.4 Å². The second kappa shape index (κ2) is 6.43. The number of hydrogen-bond acceptors (Lipinski definition) is 2. The largest absolute Gasteiger partial charge is 0.395 e. The number of rotatable bonds is 3. The third kappa shape index (κ3) is 3.73. The smallest absolute Gasteiger partial charge is 0.272 e. The summed E-state index contributed by atoms with van der Waals surface area (Å²) in [5.41, 5.74) is 2.00. The fourth-order valence-corrected chi connectivity index (χ4v) is 1.57. The summed E-state index contributed by atoms with van der Waals surface area (Å²) >= 11 is 0. The average molecular weight is 254 g/mol. The van der Waals surface area contributed by atoms with Gasteiger partial charge in [0.2, 0.25) is 0 Å². The number of amides is 1. The van der Waals surface area contributed by atoms with Crippen LogP contribution in [0.25, 0.3) is 0 Å². The van der Waals surface area contributed by atoms with Crippen LogP contribution in [0.5, 0.6) is 0 Å². The van der Waals surface area contributed by atoms with Crippen molar-refractivity contribution in [3.05, 3.63) is 53.9 Å². The lowest BCUT2D eigenvalue weighted by Gasteiger charge is -2.03. The summed E-state index contributed by atoms with van der Waals surface area (Å²) in [6.45, 7) is 0.0518. The molecule has 96 valence electrons. The van der Waals surface area contributed by atoms with E-state index >= 15 is 0 Å². The molecule has 4 heteroatoms. The maximum atomic E-state index is 11.8. The van der Waals surface area contributed by atoms with E-state index in [-0.39, 0.29) is 12.5 Å². The maximum Gasteiger partial charge on any atom is 0.272 e. The Labute approximate surface area is 111 Å². The first-order valence-corrected chi connectivity index (χ1v) is 5.94. The van der Waals surface area contributed by atoms with Crippen LogP contribution in [-0.4, -0.2) is 22.6 Å². The number of aromatic nitrogens is 1. The minimum atomic E-state index is -0.189. The zero-order valence-electron chi connectivity index (χ0n) is 10.3. The number of aliphatic hydroxyl groups is 1. The van der Waals surface area contributed by atoms with Gasteiger partial charge in [0, 0.05) is 23.9 Å². The molecule has 2 rings (SSSR count). The molecule has 0 radical (unpaired) electrons. The van der Waals surface area contributed by atoms with Crippen molar-refractivity contribution in [1.29, 1.82) is 0 Å². The number of carbonyl (C=O) groups is 1. The highest BCUT2D eigenvalue weighted by atomic mass is 16.2. The Balaban J connectivity index is 2.07. The molecule has 0 atom stereocenters. The zero-order valence-corrected chi connectivity index (χ0v) is 10.3. The molecule has 1 aromatic carbocycles. The SMILES string of the molecule is O=C(Nc1cccc(C#CCCO)c1)c1ccc[nH]1. The molecule has 0 saturated carbocycles. The molecule has 0 aliphatic heterocycles. The van der Waals surface area contributed by atoms with Crippen LogP contribution in [-0.2, 0) is 0 Å². The normalized spacial score (nSPS) is 9.53. The van der Waals surface area contributed by atoms with Crippen molar-refractivity contribution in [2.45, 2.75) is 6.42 Å². The van der Waals surface area contributed by atoms with Gasteiger partial charge in [-0.25, -0.2) is 0 Å². The lowest BCUT2D eigenvalue weighted by Crippen LogP contribution is -2.12. The molecule has 0 unspecified atom stereocenters. The monoisotopic (exact) mass is 254 g/mol. The fraction of sp³-hybridized carbons (Fsp3) is 0.133. The van der Waals surface area contributed by atoms with Crippen molar-refractivity contribution in [3.63, 3.8) is 0 Å². The average Bonchev–Trinajstić information content (AvgIpc) is 2.93. The summed E-state index contributed by atoms with van der Waals surface area (Å²) in [5.74, 6) is 5.58. The first-order valence-electron chi connectivity index (χ1n) is 5.94. The Bertz CT molecular complexity index is 607. The standard InChI is InChI=1S/C15H14N2O2/c18-10-2-1-5-12-6-3-7-13(11-12)17-15(19)14-8-4-9-16-14/h3-4,6-9,11,16,18H,2,10H2,(H,17,19). The number of hydrogen-bond donors (Lipinski definition) is 3. The number of aromatic amines is 1. The van der Waals surface area contributed by atoms with Crippen molar-refractivity contribution in [2.75, 3.05) is 11.9 Å². The Morgan fingerprint density at radius 2 is 2.21 bits per heavy atom. The van der Waals surface area contributed by atoms with Crippen LogP contribution in [0.3, 0.4) is 0 Å². The highest BCUT2D eigenvalue weighted by molar-refractivity contribution is 6.02. The molecule has 0 fully saturated rings. The van der Waals surface area contributed by atoms with E-state index in [4.69, 9.17) is 5.11 Å².